The number of hydrogen-bond acceptors (Lipinski definition) is 6. The Morgan fingerprint density at radius 1 is 1.22 bits per heavy atom. The number of nitrogens with two attached hydrogens (primary N) is 1. The van der Waals surface area contributed by atoms with Crippen LogP contribution in [0.3, 0.4) is 0 Å². The van der Waals surface area contributed by atoms with Crippen LogP contribution in [-0.2, 0) is 20.8 Å². The maximum atomic E-state index is 13.1. The number of aromatic amines is 1. The highest BCUT2D eigenvalue weighted by atomic mass is 16.2. The Bertz CT molecular complexity index is 1120. The molecular weight excluding hydrogens is 412 g/mol. The number of primary amides is 1. The van der Waals surface area contributed by atoms with Gasteiger partial charge in [0.1, 0.15) is 5.82 Å². The molecular formula is C22H26N6O4. The van der Waals surface area contributed by atoms with E-state index in [9.17, 15) is 19.2 Å². The molecule has 3 heterocycles. The molecule has 0 radical (unpaired) electrons. The molecule has 1 aromatic carbocycles. The van der Waals surface area contributed by atoms with Gasteiger partial charge in [0, 0.05) is 31.1 Å². The molecule has 1 atom stereocenters. The van der Waals surface area contributed by atoms with Gasteiger partial charge in [-0.25, -0.2) is 0 Å². The number of hydrogen-bond donors (Lipinski definition) is 4. The summed E-state index contributed by atoms with van der Waals surface area (Å²) in [6, 6.07) is 7.42. The maximum absolute atomic E-state index is 13.1. The van der Waals surface area contributed by atoms with Crippen LogP contribution in [0.15, 0.2) is 29.1 Å². The van der Waals surface area contributed by atoms with E-state index in [-0.39, 0.29) is 35.5 Å². The molecule has 2 aromatic rings. The second kappa shape index (κ2) is 8.81. The molecule has 2 aliphatic heterocycles. The van der Waals surface area contributed by atoms with Gasteiger partial charge in [0.25, 0.3) is 5.56 Å². The van der Waals surface area contributed by atoms with Crippen LogP contribution in [0.25, 0.3) is 0 Å². The molecule has 168 valence electrons. The first-order valence-corrected chi connectivity index (χ1v) is 10.7. The highest BCUT2D eigenvalue weighted by molar-refractivity contribution is 6.04. The number of nitrogens with one attached hydrogen (secondary N) is 3. The lowest BCUT2D eigenvalue weighted by molar-refractivity contribution is -0.123. The van der Waals surface area contributed by atoms with E-state index in [1.807, 2.05) is 30.0 Å². The van der Waals surface area contributed by atoms with E-state index in [1.54, 1.807) is 6.07 Å². The fourth-order valence-electron chi connectivity index (χ4n) is 4.28. The molecule has 1 fully saturated rings. The van der Waals surface area contributed by atoms with Gasteiger partial charge in [-0.15, -0.1) is 0 Å². The first-order chi connectivity index (χ1) is 15.4. The first-order valence-electron chi connectivity index (χ1n) is 10.7. The van der Waals surface area contributed by atoms with Gasteiger partial charge in [-0.2, -0.15) is 4.98 Å². The van der Waals surface area contributed by atoms with Crippen molar-refractivity contribution in [2.45, 2.75) is 38.5 Å². The number of fused-ring (bicyclic) bond motifs is 1. The number of rotatable bonds is 5. The molecule has 4 rings (SSSR count). The van der Waals surface area contributed by atoms with Crippen LogP contribution < -0.4 is 26.8 Å². The summed E-state index contributed by atoms with van der Waals surface area (Å²) in [4.78, 5) is 58.8. The van der Waals surface area contributed by atoms with E-state index in [1.165, 1.54) is 0 Å². The highest BCUT2D eigenvalue weighted by Crippen LogP contribution is 2.31. The first kappa shape index (κ1) is 21.5. The van der Waals surface area contributed by atoms with Crippen LogP contribution >= 0.6 is 0 Å². The third-order valence-corrected chi connectivity index (χ3v) is 6.11. The van der Waals surface area contributed by atoms with E-state index >= 15 is 0 Å². The normalized spacial score (nSPS) is 18.6. The van der Waals surface area contributed by atoms with E-state index in [0.29, 0.717) is 37.6 Å². The van der Waals surface area contributed by atoms with Crippen LogP contribution in [0.4, 0.5) is 17.5 Å². The molecule has 10 heteroatoms. The number of piperidine rings is 1. The predicted molar refractivity (Wildman–Crippen MR) is 119 cm³/mol. The Balaban J connectivity index is 1.60. The van der Waals surface area contributed by atoms with Crippen LogP contribution in [0.1, 0.15) is 43.2 Å². The van der Waals surface area contributed by atoms with Gasteiger partial charge in [-0.1, -0.05) is 25.1 Å². The fraction of sp³-hybridized carbons (Fsp3) is 0.409. The summed E-state index contributed by atoms with van der Waals surface area (Å²) in [5.41, 5.74) is 6.68. The van der Waals surface area contributed by atoms with Gasteiger partial charge in [0.15, 0.2) is 0 Å². The standard InChI is InChI=1S/C22H26N6O4/c1-2-12-5-3-4-6-15(12)24-20(31)14-11-16(29)25-19-17(14)21(32)27-22(26-19)28-9-7-13(8-10-28)18(23)30/h3-6,13-14H,2,7-11H2,1H3,(H2,23,30)(H,24,31)(H2,25,26,27,29,32)/t14-/m1/s1. The molecule has 1 saturated heterocycles. The maximum Gasteiger partial charge on any atom is 0.258 e. The number of carbonyl (C=O) groups excluding carboxylic acids is 3. The van der Waals surface area contributed by atoms with Crippen molar-refractivity contribution in [2.24, 2.45) is 11.7 Å². The lowest BCUT2D eigenvalue weighted by atomic mass is 9.92. The van der Waals surface area contributed by atoms with Crippen LogP contribution in [0, 0.1) is 5.92 Å². The van der Waals surface area contributed by atoms with E-state index in [2.05, 4.69) is 20.6 Å². The molecule has 1 aromatic heterocycles. The summed E-state index contributed by atoms with van der Waals surface area (Å²) in [6.45, 7) is 2.98. The minimum absolute atomic E-state index is 0.0981. The topological polar surface area (TPSA) is 150 Å². The number of aromatic nitrogens is 2. The van der Waals surface area contributed by atoms with Crippen LogP contribution in [-0.4, -0.2) is 40.8 Å². The van der Waals surface area contributed by atoms with Gasteiger partial charge in [0.05, 0.1) is 11.5 Å². The predicted octanol–water partition coefficient (Wildman–Crippen LogP) is 1.10. The fourth-order valence-corrected chi connectivity index (χ4v) is 4.28. The van der Waals surface area contributed by atoms with Gasteiger partial charge in [-0.3, -0.25) is 24.2 Å². The molecule has 2 aliphatic rings. The van der Waals surface area contributed by atoms with Crippen molar-refractivity contribution in [1.29, 1.82) is 0 Å². The molecule has 3 amide bonds. The SMILES string of the molecule is CCc1ccccc1NC(=O)[C@@H]1CC(=O)Nc2nc(N3CCC(C(N)=O)CC3)[nH]c(=O)c21. The zero-order chi connectivity index (χ0) is 22.8. The van der Waals surface area contributed by atoms with E-state index in [0.717, 1.165) is 12.0 Å². The smallest absolute Gasteiger partial charge is 0.258 e. The third-order valence-electron chi connectivity index (χ3n) is 6.11. The number of amides is 3. The summed E-state index contributed by atoms with van der Waals surface area (Å²) in [5.74, 6) is -1.89. The Labute approximate surface area is 184 Å². The number of carbonyl (C=O) groups is 3. The summed E-state index contributed by atoms with van der Waals surface area (Å²) < 4.78 is 0. The summed E-state index contributed by atoms with van der Waals surface area (Å²) in [7, 11) is 0. The second-order valence-corrected chi connectivity index (χ2v) is 8.12. The third kappa shape index (κ3) is 4.20. The van der Waals surface area contributed by atoms with Gasteiger partial charge in [0.2, 0.25) is 23.7 Å². The molecule has 5 N–H and O–H groups in total. The summed E-state index contributed by atoms with van der Waals surface area (Å²) >= 11 is 0. The quantitative estimate of drug-likeness (QED) is 0.549. The van der Waals surface area contributed by atoms with Crippen LogP contribution in [0.5, 0.6) is 0 Å². The molecule has 0 unspecified atom stereocenters. The average molecular weight is 438 g/mol. The lowest BCUT2D eigenvalue weighted by Gasteiger charge is -2.32. The van der Waals surface area contributed by atoms with Crippen molar-refractivity contribution in [3.63, 3.8) is 0 Å². The van der Waals surface area contributed by atoms with Crippen molar-refractivity contribution in [3.05, 3.63) is 45.7 Å². The Kier molecular flexibility index (Phi) is 5.93. The molecule has 32 heavy (non-hydrogen) atoms. The second-order valence-electron chi connectivity index (χ2n) is 8.12. The number of H-pyrrole nitrogens is 1. The lowest BCUT2D eigenvalue weighted by Crippen LogP contribution is -2.41. The Morgan fingerprint density at radius 3 is 2.62 bits per heavy atom. The molecule has 10 nitrogen and oxygen atoms in total. The Hall–Kier alpha value is -3.69. The van der Waals surface area contributed by atoms with Crippen molar-refractivity contribution in [2.75, 3.05) is 28.6 Å². The van der Waals surface area contributed by atoms with Crippen molar-refractivity contribution >= 4 is 35.2 Å². The van der Waals surface area contributed by atoms with Crippen molar-refractivity contribution in [1.82, 2.24) is 9.97 Å². The summed E-state index contributed by atoms with van der Waals surface area (Å²) in [5, 5.41) is 5.49. The average Bonchev–Trinajstić information content (AvgIpc) is 2.78. The number of anilines is 3. The van der Waals surface area contributed by atoms with Crippen molar-refractivity contribution in [3.8, 4) is 0 Å². The number of benzene rings is 1. The van der Waals surface area contributed by atoms with Crippen molar-refractivity contribution < 1.29 is 14.4 Å². The number of para-hydroxylation sites is 1. The molecule has 0 saturated carbocycles. The molecule has 0 spiro atoms. The van der Waals surface area contributed by atoms with E-state index in [4.69, 9.17) is 5.73 Å². The molecule has 0 bridgehead atoms. The van der Waals surface area contributed by atoms with Crippen LogP contribution in [0.2, 0.25) is 0 Å². The molecule has 0 aliphatic carbocycles. The minimum atomic E-state index is -0.949. The van der Waals surface area contributed by atoms with Gasteiger partial charge in [-0.05, 0) is 30.9 Å². The highest BCUT2D eigenvalue weighted by Gasteiger charge is 2.35. The van der Waals surface area contributed by atoms with E-state index < -0.39 is 17.4 Å². The zero-order valence-electron chi connectivity index (χ0n) is 17.8. The number of nitrogens with zero attached hydrogens (tertiary/aromatic N) is 2. The monoisotopic (exact) mass is 438 g/mol. The largest absolute Gasteiger partial charge is 0.369 e. The Morgan fingerprint density at radius 2 is 1.94 bits per heavy atom. The minimum Gasteiger partial charge on any atom is -0.369 e. The van der Waals surface area contributed by atoms with Gasteiger partial charge >= 0.3 is 0 Å². The summed E-state index contributed by atoms with van der Waals surface area (Å²) in [6.07, 6.45) is 1.71. The number of aryl methyl sites for hydroxylation is 1. The van der Waals surface area contributed by atoms with Gasteiger partial charge < -0.3 is 21.3 Å². The zero-order valence-corrected chi connectivity index (χ0v) is 17.8.